The van der Waals surface area contributed by atoms with Gasteiger partial charge in [-0.1, -0.05) is 103 Å². The third-order valence-corrected chi connectivity index (χ3v) is 9.67. The first-order chi connectivity index (χ1) is 21.3. The van der Waals surface area contributed by atoms with Crippen LogP contribution in [-0.4, -0.2) is 0 Å². The van der Waals surface area contributed by atoms with Gasteiger partial charge in [0.05, 0.1) is 10.4 Å². The fourth-order valence-electron chi connectivity index (χ4n) is 6.40. The van der Waals surface area contributed by atoms with Crippen molar-refractivity contribution in [2.75, 3.05) is 4.90 Å². The molecule has 0 unspecified atom stereocenters. The Kier molecular flexibility index (Phi) is 5.40. The molecule has 0 amide bonds. The molecule has 0 saturated heterocycles. The van der Waals surface area contributed by atoms with Crippen molar-refractivity contribution in [1.29, 1.82) is 0 Å². The van der Waals surface area contributed by atoms with Crippen LogP contribution in [0.3, 0.4) is 0 Å². The lowest BCUT2D eigenvalue weighted by atomic mass is 10.0. The van der Waals surface area contributed by atoms with E-state index in [1.54, 1.807) is 0 Å². The Balaban J connectivity index is 1.30. The minimum Gasteiger partial charge on any atom is -0.455 e. The van der Waals surface area contributed by atoms with Crippen molar-refractivity contribution in [3.8, 4) is 11.1 Å². The van der Waals surface area contributed by atoms with E-state index in [4.69, 9.17) is 4.42 Å². The topological polar surface area (TPSA) is 16.4 Å². The normalized spacial score (nSPS) is 11.7. The number of nitrogens with zero attached hydrogens (tertiary/aromatic N) is 1. The van der Waals surface area contributed by atoms with Crippen molar-refractivity contribution in [2.45, 2.75) is 0 Å². The number of rotatable bonds is 4. The lowest BCUT2D eigenvalue weighted by Gasteiger charge is -2.26. The average Bonchev–Trinajstić information content (AvgIpc) is 3.65. The number of hydrogen-bond donors (Lipinski definition) is 0. The first kappa shape index (κ1) is 24.2. The highest BCUT2D eigenvalue weighted by atomic mass is 32.1. The maximum atomic E-state index is 6.47. The van der Waals surface area contributed by atoms with Crippen LogP contribution in [-0.2, 0) is 0 Å². The van der Waals surface area contributed by atoms with E-state index in [1.807, 2.05) is 23.5 Å². The standard InChI is InChI=1S/C40H25NOS/c1-2-9-26(10-3-1)27-17-21-29(22-18-27)41(36-14-8-13-34-32-12-5-7-16-38(32)43-40(34)36)30-23-19-28-20-24-33-31-11-4-6-15-37(31)42-39(33)35(28)25-30/h1-25H. The number of hydrogen-bond acceptors (Lipinski definition) is 3. The Bertz CT molecular complexity index is 2450. The summed E-state index contributed by atoms with van der Waals surface area (Å²) in [6, 6.07) is 54.3. The van der Waals surface area contributed by atoms with Gasteiger partial charge in [0, 0.05) is 43.0 Å². The molecule has 0 N–H and O–H groups in total. The van der Waals surface area contributed by atoms with Crippen LogP contribution in [0.4, 0.5) is 17.1 Å². The number of furan rings is 1. The number of fused-ring (bicyclic) bond motifs is 8. The summed E-state index contributed by atoms with van der Waals surface area (Å²) in [4.78, 5) is 2.40. The van der Waals surface area contributed by atoms with Gasteiger partial charge in [-0.25, -0.2) is 0 Å². The molecule has 43 heavy (non-hydrogen) atoms. The zero-order valence-corrected chi connectivity index (χ0v) is 24.0. The Morgan fingerprint density at radius 3 is 2.05 bits per heavy atom. The predicted molar refractivity (Wildman–Crippen MR) is 184 cm³/mol. The number of thiophene rings is 1. The molecule has 9 rings (SSSR count). The van der Waals surface area contributed by atoms with Crippen LogP contribution in [0.1, 0.15) is 0 Å². The van der Waals surface area contributed by atoms with Gasteiger partial charge in [0.25, 0.3) is 0 Å². The lowest BCUT2D eigenvalue weighted by Crippen LogP contribution is -2.10. The van der Waals surface area contributed by atoms with Crippen molar-refractivity contribution >= 4 is 81.3 Å². The molecule has 0 atom stereocenters. The summed E-state index contributed by atoms with van der Waals surface area (Å²) < 4.78 is 9.04. The van der Waals surface area contributed by atoms with Crippen LogP contribution in [0, 0.1) is 0 Å². The summed E-state index contributed by atoms with van der Waals surface area (Å²) in [7, 11) is 0. The van der Waals surface area contributed by atoms with Gasteiger partial charge in [-0.2, -0.15) is 0 Å². The minimum atomic E-state index is 0.916. The Labute approximate surface area is 252 Å². The van der Waals surface area contributed by atoms with Crippen LogP contribution in [0.15, 0.2) is 156 Å². The van der Waals surface area contributed by atoms with E-state index in [0.717, 1.165) is 44.1 Å². The monoisotopic (exact) mass is 567 g/mol. The second-order valence-corrected chi connectivity index (χ2v) is 12.0. The fraction of sp³-hybridized carbons (Fsp3) is 0. The van der Waals surface area contributed by atoms with E-state index in [2.05, 4.69) is 144 Å². The van der Waals surface area contributed by atoms with E-state index in [9.17, 15) is 0 Å². The molecule has 9 aromatic rings. The highest BCUT2D eigenvalue weighted by molar-refractivity contribution is 7.26. The molecule has 0 spiro atoms. The summed E-state index contributed by atoms with van der Waals surface area (Å²) >= 11 is 1.85. The van der Waals surface area contributed by atoms with Crippen molar-refractivity contribution < 1.29 is 4.42 Å². The van der Waals surface area contributed by atoms with Gasteiger partial charge in [-0.05, 0) is 65.0 Å². The summed E-state index contributed by atoms with van der Waals surface area (Å²) in [6.07, 6.45) is 0. The molecule has 2 nitrogen and oxygen atoms in total. The van der Waals surface area contributed by atoms with Crippen LogP contribution in [0.2, 0.25) is 0 Å². The molecule has 3 heteroatoms. The van der Waals surface area contributed by atoms with Crippen molar-refractivity contribution in [3.63, 3.8) is 0 Å². The molecule has 2 heterocycles. The molecule has 2 aromatic heterocycles. The Morgan fingerprint density at radius 1 is 0.465 bits per heavy atom. The highest BCUT2D eigenvalue weighted by Crippen LogP contribution is 2.46. The second kappa shape index (κ2) is 9.59. The van der Waals surface area contributed by atoms with Crippen molar-refractivity contribution in [3.05, 3.63) is 152 Å². The lowest BCUT2D eigenvalue weighted by molar-refractivity contribution is 0.672. The summed E-state index contributed by atoms with van der Waals surface area (Å²) in [5, 5.41) is 7.14. The molecule has 0 aliphatic rings. The Hall–Kier alpha value is -5.38. The van der Waals surface area contributed by atoms with E-state index < -0.39 is 0 Å². The van der Waals surface area contributed by atoms with Gasteiger partial charge in [0.15, 0.2) is 0 Å². The predicted octanol–water partition coefficient (Wildman–Crippen LogP) is 12.2. The summed E-state index contributed by atoms with van der Waals surface area (Å²) in [6.45, 7) is 0. The molecule has 0 aliphatic carbocycles. The average molecular weight is 568 g/mol. The Morgan fingerprint density at radius 2 is 1.16 bits per heavy atom. The van der Waals surface area contributed by atoms with Gasteiger partial charge < -0.3 is 9.32 Å². The molecule has 0 fully saturated rings. The molecular weight excluding hydrogens is 543 g/mol. The van der Waals surface area contributed by atoms with Crippen molar-refractivity contribution in [2.24, 2.45) is 0 Å². The maximum absolute atomic E-state index is 6.47. The SMILES string of the molecule is c1ccc(-c2ccc(N(c3ccc4ccc5c6ccccc6oc5c4c3)c3cccc4c3sc3ccccc34)cc2)cc1. The maximum Gasteiger partial charge on any atom is 0.143 e. The third kappa shape index (κ3) is 3.86. The van der Waals surface area contributed by atoms with Gasteiger partial charge in [-0.15, -0.1) is 11.3 Å². The zero-order chi connectivity index (χ0) is 28.3. The minimum absolute atomic E-state index is 0.916. The zero-order valence-electron chi connectivity index (χ0n) is 23.2. The van der Waals surface area contributed by atoms with Crippen LogP contribution in [0.5, 0.6) is 0 Å². The van der Waals surface area contributed by atoms with Crippen LogP contribution >= 0.6 is 11.3 Å². The first-order valence-electron chi connectivity index (χ1n) is 14.5. The van der Waals surface area contributed by atoms with Gasteiger partial charge >= 0.3 is 0 Å². The van der Waals surface area contributed by atoms with E-state index in [-0.39, 0.29) is 0 Å². The van der Waals surface area contributed by atoms with Crippen LogP contribution < -0.4 is 4.90 Å². The van der Waals surface area contributed by atoms with E-state index in [0.29, 0.717) is 0 Å². The molecule has 0 aliphatic heterocycles. The molecule has 0 saturated carbocycles. The van der Waals surface area contributed by atoms with E-state index in [1.165, 1.54) is 37.0 Å². The largest absolute Gasteiger partial charge is 0.455 e. The number of para-hydroxylation sites is 1. The third-order valence-electron chi connectivity index (χ3n) is 8.46. The summed E-state index contributed by atoms with van der Waals surface area (Å²) in [5.41, 5.74) is 7.64. The second-order valence-electron chi connectivity index (χ2n) is 10.9. The number of anilines is 3. The highest BCUT2D eigenvalue weighted by Gasteiger charge is 2.19. The van der Waals surface area contributed by atoms with Crippen molar-refractivity contribution in [1.82, 2.24) is 0 Å². The number of benzene rings is 7. The molecule has 0 bridgehead atoms. The smallest absolute Gasteiger partial charge is 0.143 e. The van der Waals surface area contributed by atoms with Crippen LogP contribution in [0.25, 0.3) is 64.0 Å². The first-order valence-corrected chi connectivity index (χ1v) is 15.3. The van der Waals surface area contributed by atoms with Gasteiger partial charge in [0.2, 0.25) is 0 Å². The summed E-state index contributed by atoms with van der Waals surface area (Å²) in [5.74, 6) is 0. The molecular formula is C40H25NOS. The quantitative estimate of drug-likeness (QED) is 0.210. The van der Waals surface area contributed by atoms with Gasteiger partial charge in [0.1, 0.15) is 11.2 Å². The molecule has 7 aromatic carbocycles. The molecule has 202 valence electrons. The van der Waals surface area contributed by atoms with Gasteiger partial charge in [-0.3, -0.25) is 0 Å². The van der Waals surface area contributed by atoms with E-state index >= 15 is 0 Å². The fourth-order valence-corrected chi connectivity index (χ4v) is 7.60. The molecule has 0 radical (unpaired) electrons.